The van der Waals surface area contributed by atoms with Crippen LogP contribution in [0.2, 0.25) is 0 Å². The molecule has 0 saturated heterocycles. The second-order valence-electron chi connectivity index (χ2n) is 4.51. The Hall–Kier alpha value is -1.07. The molecule has 1 aromatic carbocycles. The third-order valence-electron chi connectivity index (χ3n) is 2.63. The van der Waals surface area contributed by atoms with Gasteiger partial charge in [-0.2, -0.15) is 0 Å². The average molecular weight is 271 g/mol. The fourth-order valence-electron chi connectivity index (χ4n) is 1.88. The van der Waals surface area contributed by atoms with Crippen LogP contribution in [0.15, 0.2) is 24.3 Å². The van der Waals surface area contributed by atoms with Crippen LogP contribution >= 0.6 is 0 Å². The molecule has 1 rings (SSSR count). The van der Waals surface area contributed by atoms with E-state index in [0.29, 0.717) is 0 Å². The minimum atomic E-state index is -2.92. The number of para-hydroxylation sites is 1. The number of ether oxygens (including phenoxy) is 1. The van der Waals surface area contributed by atoms with E-state index in [1.807, 2.05) is 31.2 Å². The van der Waals surface area contributed by atoms with Crippen LogP contribution in [-0.2, 0) is 16.3 Å². The first-order valence-corrected chi connectivity index (χ1v) is 8.01. The van der Waals surface area contributed by atoms with Gasteiger partial charge in [0.2, 0.25) is 0 Å². The Morgan fingerprint density at radius 3 is 2.61 bits per heavy atom. The van der Waals surface area contributed by atoms with E-state index in [0.717, 1.165) is 24.3 Å². The van der Waals surface area contributed by atoms with Crippen molar-refractivity contribution in [2.24, 2.45) is 0 Å². The van der Waals surface area contributed by atoms with Gasteiger partial charge in [0.05, 0.1) is 12.9 Å². The molecular weight excluding hydrogens is 250 g/mol. The van der Waals surface area contributed by atoms with Gasteiger partial charge in [0, 0.05) is 12.3 Å². The number of sulfone groups is 1. The fraction of sp³-hybridized carbons (Fsp3) is 0.538. The van der Waals surface area contributed by atoms with Gasteiger partial charge in [-0.05, 0) is 31.5 Å². The van der Waals surface area contributed by atoms with Crippen LogP contribution in [0.3, 0.4) is 0 Å². The lowest BCUT2D eigenvalue weighted by atomic mass is 10.1. The van der Waals surface area contributed by atoms with Gasteiger partial charge in [0.1, 0.15) is 15.6 Å². The van der Waals surface area contributed by atoms with Crippen molar-refractivity contribution >= 4 is 9.84 Å². The Morgan fingerprint density at radius 1 is 1.33 bits per heavy atom. The maximum Gasteiger partial charge on any atom is 0.148 e. The molecule has 18 heavy (non-hydrogen) atoms. The minimum Gasteiger partial charge on any atom is -0.496 e. The molecule has 1 N–H and O–H groups in total. The van der Waals surface area contributed by atoms with E-state index in [9.17, 15) is 8.42 Å². The van der Waals surface area contributed by atoms with Crippen LogP contribution in [-0.4, -0.2) is 40.1 Å². The van der Waals surface area contributed by atoms with Crippen LogP contribution in [0.4, 0.5) is 0 Å². The van der Waals surface area contributed by atoms with E-state index in [1.165, 1.54) is 6.26 Å². The number of methoxy groups -OCH3 is 1. The summed E-state index contributed by atoms with van der Waals surface area (Å²) in [6.45, 7) is 2.61. The largest absolute Gasteiger partial charge is 0.496 e. The number of benzene rings is 1. The molecule has 0 fully saturated rings. The summed E-state index contributed by atoms with van der Waals surface area (Å²) in [5.41, 5.74) is 1.12. The Bertz CT molecular complexity index is 471. The lowest BCUT2D eigenvalue weighted by molar-refractivity contribution is 0.408. The first-order chi connectivity index (χ1) is 8.42. The monoisotopic (exact) mass is 271 g/mol. The van der Waals surface area contributed by atoms with Crippen LogP contribution in [0.25, 0.3) is 0 Å². The second kappa shape index (κ2) is 6.75. The van der Waals surface area contributed by atoms with Gasteiger partial charge < -0.3 is 10.1 Å². The molecule has 102 valence electrons. The summed E-state index contributed by atoms with van der Waals surface area (Å²) >= 11 is 0. The number of hydrogen-bond donors (Lipinski definition) is 1. The molecule has 1 aromatic rings. The van der Waals surface area contributed by atoms with Crippen LogP contribution in [0, 0.1) is 0 Å². The van der Waals surface area contributed by atoms with Crippen molar-refractivity contribution < 1.29 is 13.2 Å². The van der Waals surface area contributed by atoms with Gasteiger partial charge in [-0.3, -0.25) is 0 Å². The molecule has 0 radical (unpaired) electrons. The molecule has 0 heterocycles. The summed E-state index contributed by atoms with van der Waals surface area (Å²) in [6.07, 6.45) is 2.07. The van der Waals surface area contributed by atoms with Crippen molar-refractivity contribution in [2.75, 3.05) is 25.7 Å². The zero-order chi connectivity index (χ0) is 13.6. The van der Waals surface area contributed by atoms with Gasteiger partial charge in [0.25, 0.3) is 0 Å². The predicted molar refractivity (Wildman–Crippen MR) is 73.9 cm³/mol. The summed E-state index contributed by atoms with van der Waals surface area (Å²) in [5, 5.41) is 3.20. The Kier molecular flexibility index (Phi) is 5.62. The number of rotatable bonds is 7. The Balaban J connectivity index is 2.42. The third-order valence-corrected chi connectivity index (χ3v) is 3.74. The maximum atomic E-state index is 11.1. The van der Waals surface area contributed by atoms with Crippen molar-refractivity contribution in [1.82, 2.24) is 5.32 Å². The number of hydrogen-bond acceptors (Lipinski definition) is 4. The lowest BCUT2D eigenvalue weighted by Gasteiger charge is -2.13. The first kappa shape index (κ1) is 15.0. The molecule has 0 aliphatic heterocycles. The molecule has 1 atom stereocenters. The Morgan fingerprint density at radius 2 is 2.00 bits per heavy atom. The molecule has 0 bridgehead atoms. The second-order valence-corrected chi connectivity index (χ2v) is 6.69. The molecular formula is C13H21NO3S. The van der Waals surface area contributed by atoms with E-state index in [1.54, 1.807) is 7.11 Å². The Labute approximate surface area is 109 Å². The van der Waals surface area contributed by atoms with Crippen LogP contribution in [0.5, 0.6) is 5.75 Å². The molecule has 5 heteroatoms. The summed E-state index contributed by atoms with van der Waals surface area (Å²) in [4.78, 5) is 0. The highest BCUT2D eigenvalue weighted by atomic mass is 32.2. The zero-order valence-corrected chi connectivity index (χ0v) is 12.0. The third kappa shape index (κ3) is 5.51. The summed E-state index contributed by atoms with van der Waals surface area (Å²) < 4.78 is 27.5. The summed E-state index contributed by atoms with van der Waals surface area (Å²) in [7, 11) is -1.27. The number of nitrogens with one attached hydrogen (secondary N) is 1. The topological polar surface area (TPSA) is 55.4 Å². The van der Waals surface area contributed by atoms with E-state index >= 15 is 0 Å². The average Bonchev–Trinajstić information content (AvgIpc) is 2.27. The predicted octanol–water partition coefficient (Wildman–Crippen LogP) is 1.26. The smallest absolute Gasteiger partial charge is 0.148 e. The lowest BCUT2D eigenvalue weighted by Crippen LogP contribution is -2.34. The molecule has 0 aliphatic rings. The highest BCUT2D eigenvalue weighted by Gasteiger charge is 2.09. The van der Waals surface area contributed by atoms with Gasteiger partial charge in [-0.1, -0.05) is 18.2 Å². The van der Waals surface area contributed by atoms with Gasteiger partial charge in [-0.25, -0.2) is 8.42 Å². The fourth-order valence-corrected chi connectivity index (χ4v) is 2.90. The highest BCUT2D eigenvalue weighted by Crippen LogP contribution is 2.17. The van der Waals surface area contributed by atoms with Crippen molar-refractivity contribution in [3.8, 4) is 5.75 Å². The van der Waals surface area contributed by atoms with Crippen molar-refractivity contribution in [1.29, 1.82) is 0 Å². The summed E-state index contributed by atoms with van der Waals surface area (Å²) in [5.74, 6) is 1.04. The molecule has 0 aliphatic carbocycles. The molecule has 0 saturated carbocycles. The SMILES string of the molecule is COc1ccccc1CCNC(C)CS(C)(=O)=O. The minimum absolute atomic E-state index is 0.0327. The van der Waals surface area contributed by atoms with Crippen molar-refractivity contribution in [3.05, 3.63) is 29.8 Å². The normalized spacial score (nSPS) is 13.3. The van der Waals surface area contributed by atoms with E-state index in [-0.39, 0.29) is 11.8 Å². The van der Waals surface area contributed by atoms with Gasteiger partial charge in [-0.15, -0.1) is 0 Å². The quantitative estimate of drug-likeness (QED) is 0.811. The van der Waals surface area contributed by atoms with E-state index in [2.05, 4.69) is 5.32 Å². The van der Waals surface area contributed by atoms with Crippen LogP contribution < -0.4 is 10.1 Å². The van der Waals surface area contributed by atoms with Gasteiger partial charge in [0.15, 0.2) is 0 Å². The molecule has 0 aromatic heterocycles. The molecule has 0 spiro atoms. The van der Waals surface area contributed by atoms with Gasteiger partial charge >= 0.3 is 0 Å². The van der Waals surface area contributed by atoms with E-state index < -0.39 is 9.84 Å². The zero-order valence-electron chi connectivity index (χ0n) is 11.1. The van der Waals surface area contributed by atoms with Crippen molar-refractivity contribution in [2.45, 2.75) is 19.4 Å². The highest BCUT2D eigenvalue weighted by molar-refractivity contribution is 7.90. The summed E-state index contributed by atoms with van der Waals surface area (Å²) in [6, 6.07) is 7.81. The molecule has 4 nitrogen and oxygen atoms in total. The molecule has 1 unspecified atom stereocenters. The van der Waals surface area contributed by atoms with Crippen molar-refractivity contribution in [3.63, 3.8) is 0 Å². The maximum absolute atomic E-state index is 11.1. The van der Waals surface area contributed by atoms with Crippen LogP contribution in [0.1, 0.15) is 12.5 Å². The standard InChI is InChI=1S/C13H21NO3S/c1-11(10-18(3,15)16)14-9-8-12-6-4-5-7-13(12)17-2/h4-7,11,14H,8-10H2,1-3H3. The first-order valence-electron chi connectivity index (χ1n) is 5.95. The van der Waals surface area contributed by atoms with E-state index in [4.69, 9.17) is 4.74 Å². The molecule has 0 amide bonds.